The maximum absolute atomic E-state index is 5.84. The maximum Gasteiger partial charge on any atom is 0.0179 e. The summed E-state index contributed by atoms with van der Waals surface area (Å²) in [5.41, 5.74) is 22.2. The highest BCUT2D eigenvalue weighted by atomic mass is 15.1. The minimum atomic E-state index is 0.142. The van der Waals surface area contributed by atoms with Gasteiger partial charge in [0.25, 0.3) is 0 Å². The molecule has 0 aliphatic heterocycles. The van der Waals surface area contributed by atoms with Crippen molar-refractivity contribution in [2.75, 3.05) is 39.3 Å². The summed E-state index contributed by atoms with van der Waals surface area (Å²) in [4.78, 5) is 2.18. The van der Waals surface area contributed by atoms with Gasteiger partial charge in [-0.2, -0.15) is 0 Å². The SMILES string of the molecule is NCCC(N)CN(CCN)CCN. The topological polar surface area (TPSA) is 107 Å². The van der Waals surface area contributed by atoms with E-state index in [1.165, 1.54) is 0 Å². The van der Waals surface area contributed by atoms with E-state index >= 15 is 0 Å². The molecule has 0 saturated heterocycles. The van der Waals surface area contributed by atoms with E-state index in [2.05, 4.69) is 4.90 Å². The van der Waals surface area contributed by atoms with Gasteiger partial charge in [0.15, 0.2) is 0 Å². The second kappa shape index (κ2) is 8.40. The molecule has 0 aromatic carbocycles. The van der Waals surface area contributed by atoms with Crippen molar-refractivity contribution in [2.24, 2.45) is 22.9 Å². The van der Waals surface area contributed by atoms with Gasteiger partial charge in [-0.25, -0.2) is 0 Å². The minimum absolute atomic E-state index is 0.142. The second-order valence-electron chi connectivity index (χ2n) is 3.22. The van der Waals surface area contributed by atoms with Gasteiger partial charge in [-0.3, -0.25) is 4.90 Å². The molecule has 0 aliphatic carbocycles. The van der Waals surface area contributed by atoms with E-state index in [1.807, 2.05) is 0 Å². The standard InChI is InChI=1S/C8H23N5/c9-2-1-8(12)7-13(5-3-10)6-4-11/h8H,1-7,9-12H2. The fourth-order valence-electron chi connectivity index (χ4n) is 1.30. The lowest BCUT2D eigenvalue weighted by atomic mass is 10.2. The lowest BCUT2D eigenvalue weighted by Gasteiger charge is -2.24. The third kappa shape index (κ3) is 6.92. The third-order valence-electron chi connectivity index (χ3n) is 1.92. The Morgan fingerprint density at radius 2 is 1.46 bits per heavy atom. The molecule has 5 nitrogen and oxygen atoms in total. The summed E-state index contributed by atoms with van der Waals surface area (Å²) in [6, 6.07) is 0.142. The molecule has 0 fully saturated rings. The van der Waals surface area contributed by atoms with Crippen molar-refractivity contribution < 1.29 is 0 Å². The molecule has 5 heteroatoms. The summed E-state index contributed by atoms with van der Waals surface area (Å²) in [7, 11) is 0. The molecule has 0 bridgehead atoms. The van der Waals surface area contributed by atoms with Gasteiger partial charge in [0.2, 0.25) is 0 Å². The summed E-state index contributed by atoms with van der Waals surface area (Å²) in [6.45, 7) is 4.49. The van der Waals surface area contributed by atoms with Crippen LogP contribution in [0, 0.1) is 0 Å². The highest BCUT2D eigenvalue weighted by Crippen LogP contribution is 1.92. The zero-order valence-electron chi connectivity index (χ0n) is 8.28. The smallest absolute Gasteiger partial charge is 0.0179 e. The molecule has 0 aromatic rings. The van der Waals surface area contributed by atoms with E-state index in [-0.39, 0.29) is 6.04 Å². The Bertz CT molecular complexity index is 103. The van der Waals surface area contributed by atoms with Crippen molar-refractivity contribution in [3.63, 3.8) is 0 Å². The van der Waals surface area contributed by atoms with E-state index in [0.29, 0.717) is 19.6 Å². The fourth-order valence-corrected chi connectivity index (χ4v) is 1.30. The first-order valence-corrected chi connectivity index (χ1v) is 4.82. The van der Waals surface area contributed by atoms with Crippen LogP contribution in [0.25, 0.3) is 0 Å². The van der Waals surface area contributed by atoms with Gasteiger partial charge in [-0.15, -0.1) is 0 Å². The quantitative estimate of drug-likeness (QED) is 0.349. The highest BCUT2D eigenvalue weighted by molar-refractivity contribution is 4.69. The van der Waals surface area contributed by atoms with Crippen LogP contribution < -0.4 is 22.9 Å². The van der Waals surface area contributed by atoms with Gasteiger partial charge in [0.1, 0.15) is 0 Å². The molecule has 0 radical (unpaired) electrons. The predicted octanol–water partition coefficient (Wildman–Crippen LogP) is -2.12. The van der Waals surface area contributed by atoms with Gasteiger partial charge in [-0.05, 0) is 13.0 Å². The van der Waals surface area contributed by atoms with Crippen molar-refractivity contribution in [3.05, 3.63) is 0 Å². The predicted molar refractivity (Wildman–Crippen MR) is 56.2 cm³/mol. The Morgan fingerprint density at radius 1 is 0.923 bits per heavy atom. The molecule has 0 saturated carbocycles. The van der Waals surface area contributed by atoms with Crippen molar-refractivity contribution in [1.29, 1.82) is 0 Å². The van der Waals surface area contributed by atoms with Crippen LogP contribution in [0.3, 0.4) is 0 Å². The van der Waals surface area contributed by atoms with Crippen LogP contribution in [0.2, 0.25) is 0 Å². The van der Waals surface area contributed by atoms with Gasteiger partial charge in [0.05, 0.1) is 0 Å². The molecule has 13 heavy (non-hydrogen) atoms. The average Bonchev–Trinajstić information content (AvgIpc) is 2.05. The Hall–Kier alpha value is -0.200. The molecule has 0 aliphatic rings. The summed E-state index contributed by atoms with van der Waals surface area (Å²) < 4.78 is 0. The number of nitrogens with two attached hydrogens (primary N) is 4. The van der Waals surface area contributed by atoms with Crippen LogP contribution in [-0.4, -0.2) is 50.2 Å². The molecule has 0 rings (SSSR count). The molecule has 0 heterocycles. The van der Waals surface area contributed by atoms with Crippen molar-refractivity contribution >= 4 is 0 Å². The Morgan fingerprint density at radius 3 is 1.85 bits per heavy atom. The molecule has 80 valence electrons. The van der Waals surface area contributed by atoms with Crippen molar-refractivity contribution in [3.8, 4) is 0 Å². The van der Waals surface area contributed by atoms with E-state index in [0.717, 1.165) is 26.1 Å². The van der Waals surface area contributed by atoms with Gasteiger partial charge >= 0.3 is 0 Å². The first-order chi connectivity index (χ1) is 6.24. The Kier molecular flexibility index (Phi) is 8.27. The van der Waals surface area contributed by atoms with Crippen LogP contribution in [0.5, 0.6) is 0 Å². The monoisotopic (exact) mass is 189 g/mol. The molecule has 0 spiro atoms. The number of hydrogen-bond donors (Lipinski definition) is 4. The summed E-state index contributed by atoms with van der Waals surface area (Å²) in [5.74, 6) is 0. The van der Waals surface area contributed by atoms with E-state index in [4.69, 9.17) is 22.9 Å². The minimum Gasteiger partial charge on any atom is -0.330 e. The summed E-state index contributed by atoms with van der Waals surface area (Å²) in [6.07, 6.45) is 0.853. The normalized spacial score (nSPS) is 13.6. The van der Waals surface area contributed by atoms with Crippen LogP contribution in [0.4, 0.5) is 0 Å². The maximum atomic E-state index is 5.84. The van der Waals surface area contributed by atoms with Gasteiger partial charge in [-0.1, -0.05) is 0 Å². The van der Waals surface area contributed by atoms with Crippen LogP contribution in [-0.2, 0) is 0 Å². The van der Waals surface area contributed by atoms with E-state index in [9.17, 15) is 0 Å². The molecule has 1 unspecified atom stereocenters. The van der Waals surface area contributed by atoms with Crippen molar-refractivity contribution in [1.82, 2.24) is 4.90 Å². The Balaban J connectivity index is 3.64. The number of rotatable bonds is 8. The first-order valence-electron chi connectivity index (χ1n) is 4.82. The average molecular weight is 189 g/mol. The summed E-state index contributed by atoms with van der Waals surface area (Å²) >= 11 is 0. The number of hydrogen-bond acceptors (Lipinski definition) is 5. The molecule has 8 N–H and O–H groups in total. The van der Waals surface area contributed by atoms with Crippen molar-refractivity contribution in [2.45, 2.75) is 12.5 Å². The van der Waals surface area contributed by atoms with E-state index < -0.39 is 0 Å². The number of nitrogens with zero attached hydrogens (tertiary/aromatic N) is 1. The van der Waals surface area contributed by atoms with Gasteiger partial charge < -0.3 is 22.9 Å². The molecular formula is C8H23N5. The zero-order chi connectivity index (χ0) is 10.1. The molecule has 1 atom stereocenters. The van der Waals surface area contributed by atoms with Crippen LogP contribution in [0.15, 0.2) is 0 Å². The van der Waals surface area contributed by atoms with Crippen LogP contribution in [0.1, 0.15) is 6.42 Å². The first kappa shape index (κ1) is 12.8. The Labute approximate surface area is 80.4 Å². The van der Waals surface area contributed by atoms with Gasteiger partial charge in [0, 0.05) is 38.8 Å². The lowest BCUT2D eigenvalue weighted by molar-refractivity contribution is 0.266. The largest absolute Gasteiger partial charge is 0.330 e. The molecule has 0 aromatic heterocycles. The van der Waals surface area contributed by atoms with E-state index in [1.54, 1.807) is 0 Å². The highest BCUT2D eigenvalue weighted by Gasteiger charge is 2.07. The second-order valence-corrected chi connectivity index (χ2v) is 3.22. The zero-order valence-corrected chi connectivity index (χ0v) is 8.28. The molecule has 0 amide bonds. The van der Waals surface area contributed by atoms with Crippen LogP contribution >= 0.6 is 0 Å². The fraction of sp³-hybridized carbons (Fsp3) is 1.00. The third-order valence-corrected chi connectivity index (χ3v) is 1.92. The lowest BCUT2D eigenvalue weighted by Crippen LogP contribution is -2.42. The summed E-state index contributed by atoms with van der Waals surface area (Å²) in [5, 5.41) is 0. The molecular weight excluding hydrogens is 166 g/mol.